The summed E-state index contributed by atoms with van der Waals surface area (Å²) in [6.07, 6.45) is 0. The SMILES string of the molecule is O=P(O)(O)O.[SrH2].[SrH2].[SrH2].[SrH2]. The first kappa shape index (κ1) is 29.4. The predicted molar refractivity (Wildman–Crippen MR) is 48.4 cm³/mol. The third kappa shape index (κ3) is 55.8. The quantitative estimate of drug-likeness (QED) is 0.253. The van der Waals surface area contributed by atoms with Crippen molar-refractivity contribution in [1.29, 1.82) is 0 Å². The fraction of sp³-hybridized carbons (Fsp3) is 0. The Kier molecular flexibility index (Phi) is 53.8. The molecule has 0 aromatic heterocycles. The molecule has 4 nitrogen and oxygen atoms in total. The molecule has 0 bridgehead atoms. The molecule has 0 unspecified atom stereocenters. The molecule has 3 N–H and O–H groups in total. The molecular weight excluding hydrogens is 445 g/mol. The monoisotopic (exact) mass is 458 g/mol. The maximum absolute atomic E-state index is 8.88. The molecule has 0 heterocycles. The van der Waals surface area contributed by atoms with E-state index in [1.165, 1.54) is 0 Å². The third-order valence-electron chi connectivity index (χ3n) is 0. The Bertz CT molecular complexity index is 58.7. The summed E-state index contributed by atoms with van der Waals surface area (Å²) >= 11 is 0. The first-order chi connectivity index (χ1) is 2.00. The van der Waals surface area contributed by atoms with Crippen LogP contribution < -0.4 is 0 Å². The Morgan fingerprint density at radius 1 is 0.778 bits per heavy atom. The molecule has 0 saturated carbocycles. The van der Waals surface area contributed by atoms with E-state index in [4.69, 9.17) is 19.2 Å². The van der Waals surface area contributed by atoms with Gasteiger partial charge in [0.25, 0.3) is 0 Å². The van der Waals surface area contributed by atoms with Crippen molar-refractivity contribution < 1.29 is 19.2 Å². The van der Waals surface area contributed by atoms with Gasteiger partial charge in [-0.05, 0) is 0 Å². The van der Waals surface area contributed by atoms with Crippen molar-refractivity contribution in [3.8, 4) is 0 Å². The third-order valence-corrected chi connectivity index (χ3v) is 0. The van der Waals surface area contributed by atoms with Crippen LogP contribution in [-0.2, 0) is 4.57 Å². The average Bonchev–Trinajstić information content (AvgIpc) is 0.722. The molecular formula is H11O4PSr4. The molecule has 0 aromatic carbocycles. The molecule has 0 aliphatic carbocycles. The van der Waals surface area contributed by atoms with Gasteiger partial charge in [0.05, 0.1) is 0 Å². The topological polar surface area (TPSA) is 77.8 Å². The van der Waals surface area contributed by atoms with Gasteiger partial charge in [-0.3, -0.25) is 0 Å². The summed E-state index contributed by atoms with van der Waals surface area (Å²) in [5, 5.41) is 0. The van der Waals surface area contributed by atoms with E-state index in [-0.39, 0.29) is 182 Å². The van der Waals surface area contributed by atoms with Crippen molar-refractivity contribution in [2.75, 3.05) is 0 Å². The predicted octanol–water partition coefficient (Wildman–Crippen LogP) is -4.59. The zero-order chi connectivity index (χ0) is 4.50. The second-order valence-electron chi connectivity index (χ2n) is 0.513. The van der Waals surface area contributed by atoms with Crippen LogP contribution in [0.15, 0.2) is 0 Å². The van der Waals surface area contributed by atoms with Crippen molar-refractivity contribution in [2.24, 2.45) is 0 Å². The van der Waals surface area contributed by atoms with Gasteiger partial charge in [-0.15, -0.1) is 0 Å². The number of rotatable bonds is 0. The normalized spacial score (nSPS) is 6.56. The van der Waals surface area contributed by atoms with Crippen LogP contribution in [0.1, 0.15) is 0 Å². The summed E-state index contributed by atoms with van der Waals surface area (Å²) in [6, 6.07) is 0. The van der Waals surface area contributed by atoms with Gasteiger partial charge < -0.3 is 14.7 Å². The van der Waals surface area contributed by atoms with Gasteiger partial charge in [-0.1, -0.05) is 0 Å². The molecule has 0 aliphatic heterocycles. The summed E-state index contributed by atoms with van der Waals surface area (Å²) < 4.78 is 8.88. The van der Waals surface area contributed by atoms with E-state index >= 15 is 0 Å². The molecule has 0 fully saturated rings. The van der Waals surface area contributed by atoms with Crippen molar-refractivity contribution in [3.05, 3.63) is 0 Å². The first-order valence-electron chi connectivity index (χ1n) is 0.783. The van der Waals surface area contributed by atoms with Crippen LogP contribution in [0.2, 0.25) is 0 Å². The molecule has 9 heteroatoms. The molecule has 0 aromatic rings. The van der Waals surface area contributed by atoms with Gasteiger partial charge in [-0.2, -0.15) is 0 Å². The molecule has 9 heavy (non-hydrogen) atoms. The number of hydrogen-bond donors (Lipinski definition) is 3. The van der Waals surface area contributed by atoms with E-state index in [0.717, 1.165) is 0 Å². The van der Waals surface area contributed by atoms with Crippen LogP contribution in [0.4, 0.5) is 0 Å². The summed E-state index contributed by atoms with van der Waals surface area (Å²) in [5.41, 5.74) is 0. The minimum atomic E-state index is -4.64. The van der Waals surface area contributed by atoms with E-state index < -0.39 is 7.82 Å². The molecule has 0 radical (unpaired) electrons. The number of phosphoric acid groups is 1. The standard InChI is InChI=1S/H3O4P.4Sr.8H/c1-5(2,3)4;;;;;;;;;;;;/h(H3,1,2,3,4);;;;;;;;;;;;. The Morgan fingerprint density at radius 2 is 0.778 bits per heavy atom. The van der Waals surface area contributed by atoms with E-state index in [1.54, 1.807) is 0 Å². The molecule has 0 atom stereocenters. The van der Waals surface area contributed by atoms with Crippen LogP contribution in [0.25, 0.3) is 0 Å². The van der Waals surface area contributed by atoms with Crippen LogP contribution in [0.3, 0.4) is 0 Å². The fourth-order valence-electron chi connectivity index (χ4n) is 0. The van der Waals surface area contributed by atoms with E-state index in [1.807, 2.05) is 0 Å². The van der Waals surface area contributed by atoms with Crippen molar-refractivity contribution in [1.82, 2.24) is 0 Å². The zero-order valence-corrected chi connectivity index (χ0v) is 3.09. The van der Waals surface area contributed by atoms with Crippen molar-refractivity contribution >= 4 is 190 Å². The van der Waals surface area contributed by atoms with Crippen LogP contribution >= 0.6 is 7.82 Å². The van der Waals surface area contributed by atoms with Crippen LogP contribution in [0.5, 0.6) is 0 Å². The maximum atomic E-state index is 8.88. The summed E-state index contributed by atoms with van der Waals surface area (Å²) in [5.74, 6) is 0. The van der Waals surface area contributed by atoms with Crippen molar-refractivity contribution in [3.63, 3.8) is 0 Å². The van der Waals surface area contributed by atoms with Gasteiger partial charge in [0.15, 0.2) is 0 Å². The van der Waals surface area contributed by atoms with E-state index in [2.05, 4.69) is 0 Å². The molecule has 48 valence electrons. The van der Waals surface area contributed by atoms with Crippen molar-refractivity contribution in [2.45, 2.75) is 0 Å². The molecule has 0 spiro atoms. The van der Waals surface area contributed by atoms with E-state index in [9.17, 15) is 0 Å². The summed E-state index contributed by atoms with van der Waals surface area (Å²) in [4.78, 5) is 21.6. The van der Waals surface area contributed by atoms with Gasteiger partial charge in [0, 0.05) is 0 Å². The minimum absolute atomic E-state index is 0. The molecule has 0 amide bonds. The second kappa shape index (κ2) is 16.5. The summed E-state index contributed by atoms with van der Waals surface area (Å²) in [7, 11) is -4.64. The number of hydrogen-bond acceptors (Lipinski definition) is 1. The Morgan fingerprint density at radius 3 is 0.778 bits per heavy atom. The zero-order valence-electron chi connectivity index (χ0n) is 2.20. The van der Waals surface area contributed by atoms with Gasteiger partial charge >= 0.3 is 190 Å². The second-order valence-corrected chi connectivity index (χ2v) is 1.54. The average molecular weight is 457 g/mol. The van der Waals surface area contributed by atoms with Gasteiger partial charge in [0.1, 0.15) is 0 Å². The molecule has 0 aliphatic rings. The van der Waals surface area contributed by atoms with Gasteiger partial charge in [-0.25, -0.2) is 4.57 Å². The molecule has 0 saturated heterocycles. The Hall–Kier alpha value is 6.03. The van der Waals surface area contributed by atoms with E-state index in [0.29, 0.717) is 0 Å². The summed E-state index contributed by atoms with van der Waals surface area (Å²) in [6.45, 7) is 0. The first-order valence-corrected chi connectivity index (χ1v) is 2.35. The van der Waals surface area contributed by atoms with Gasteiger partial charge in [0.2, 0.25) is 0 Å². The molecule has 0 rings (SSSR count). The Balaban J connectivity index is -0.0000000133. The van der Waals surface area contributed by atoms with Crippen LogP contribution in [0, 0.1) is 0 Å². The van der Waals surface area contributed by atoms with Crippen LogP contribution in [-0.4, -0.2) is 197 Å². The fourth-order valence-corrected chi connectivity index (χ4v) is 0. The Labute approximate surface area is 202 Å².